The zero-order valence-electron chi connectivity index (χ0n) is 12.2. The van der Waals surface area contributed by atoms with Gasteiger partial charge in [-0.05, 0) is 50.2 Å². The first kappa shape index (κ1) is 14.2. The van der Waals surface area contributed by atoms with Crippen LogP contribution in [0.4, 0.5) is 5.69 Å². The third-order valence-electron chi connectivity index (χ3n) is 3.95. The Morgan fingerprint density at radius 1 is 1.38 bits per heavy atom. The number of nitrogens with zero attached hydrogens (tertiary/aromatic N) is 1. The van der Waals surface area contributed by atoms with Crippen LogP contribution in [-0.2, 0) is 4.79 Å². The standard InChI is InChI=1S/C16H19N3OS/c1-10-9-21-16(18-10)12-3-5-14(6-4-12)19-15(20)11(2)13-7-17-8-13/h3-6,9,11,13,17H,7-8H2,1-2H3,(H,19,20). The molecule has 110 valence electrons. The van der Waals surface area contributed by atoms with Crippen LogP contribution in [0.2, 0.25) is 0 Å². The van der Waals surface area contributed by atoms with E-state index in [-0.39, 0.29) is 11.8 Å². The van der Waals surface area contributed by atoms with Crippen LogP contribution in [0.1, 0.15) is 12.6 Å². The fourth-order valence-corrected chi connectivity index (χ4v) is 3.12. The average Bonchev–Trinajstić information content (AvgIpc) is 2.84. The summed E-state index contributed by atoms with van der Waals surface area (Å²) in [4.78, 5) is 16.6. The highest BCUT2D eigenvalue weighted by molar-refractivity contribution is 7.13. The Bertz CT molecular complexity index is 631. The molecule has 1 aromatic carbocycles. The largest absolute Gasteiger partial charge is 0.326 e. The molecular formula is C16H19N3OS. The third kappa shape index (κ3) is 3.14. The molecule has 1 unspecified atom stereocenters. The molecule has 2 heterocycles. The Morgan fingerprint density at radius 3 is 2.62 bits per heavy atom. The Kier molecular flexibility index (Phi) is 4.03. The first-order chi connectivity index (χ1) is 10.1. The zero-order valence-corrected chi connectivity index (χ0v) is 13.0. The van der Waals surface area contributed by atoms with Crippen molar-refractivity contribution in [2.75, 3.05) is 18.4 Å². The van der Waals surface area contributed by atoms with Gasteiger partial charge >= 0.3 is 0 Å². The van der Waals surface area contributed by atoms with Crippen molar-refractivity contribution in [2.24, 2.45) is 11.8 Å². The Hall–Kier alpha value is -1.72. The van der Waals surface area contributed by atoms with E-state index in [9.17, 15) is 4.79 Å². The smallest absolute Gasteiger partial charge is 0.227 e. The topological polar surface area (TPSA) is 54.0 Å². The number of amides is 1. The molecule has 21 heavy (non-hydrogen) atoms. The van der Waals surface area contributed by atoms with Crippen molar-refractivity contribution in [3.05, 3.63) is 35.3 Å². The Balaban J connectivity index is 1.65. The SMILES string of the molecule is Cc1csc(-c2ccc(NC(=O)C(C)C3CNC3)cc2)n1. The maximum absolute atomic E-state index is 12.2. The van der Waals surface area contributed by atoms with E-state index < -0.39 is 0 Å². The van der Waals surface area contributed by atoms with Crippen molar-refractivity contribution in [1.82, 2.24) is 10.3 Å². The fraction of sp³-hybridized carbons (Fsp3) is 0.375. The van der Waals surface area contributed by atoms with E-state index in [4.69, 9.17) is 0 Å². The van der Waals surface area contributed by atoms with Gasteiger partial charge in [0.15, 0.2) is 0 Å². The molecule has 1 aliphatic heterocycles. The van der Waals surface area contributed by atoms with Gasteiger partial charge in [-0.3, -0.25) is 4.79 Å². The molecule has 1 atom stereocenters. The minimum Gasteiger partial charge on any atom is -0.326 e. The molecule has 3 rings (SSSR count). The second-order valence-electron chi connectivity index (χ2n) is 5.57. The summed E-state index contributed by atoms with van der Waals surface area (Å²) in [6.07, 6.45) is 0. The first-order valence-corrected chi connectivity index (χ1v) is 8.05. The molecule has 1 aromatic heterocycles. The lowest BCUT2D eigenvalue weighted by Crippen LogP contribution is -2.48. The highest BCUT2D eigenvalue weighted by atomic mass is 32.1. The summed E-state index contributed by atoms with van der Waals surface area (Å²) in [6, 6.07) is 7.89. The Morgan fingerprint density at radius 2 is 2.10 bits per heavy atom. The van der Waals surface area contributed by atoms with E-state index in [1.807, 2.05) is 43.5 Å². The summed E-state index contributed by atoms with van der Waals surface area (Å²) in [5.41, 5.74) is 2.97. The van der Waals surface area contributed by atoms with E-state index in [2.05, 4.69) is 15.6 Å². The highest BCUT2D eigenvalue weighted by Crippen LogP contribution is 2.25. The summed E-state index contributed by atoms with van der Waals surface area (Å²) in [7, 11) is 0. The zero-order chi connectivity index (χ0) is 14.8. The van der Waals surface area contributed by atoms with Crippen LogP contribution < -0.4 is 10.6 Å². The van der Waals surface area contributed by atoms with E-state index in [1.54, 1.807) is 11.3 Å². The number of carbonyl (C=O) groups is 1. The van der Waals surface area contributed by atoms with Crippen molar-refractivity contribution >= 4 is 22.9 Å². The van der Waals surface area contributed by atoms with E-state index in [1.165, 1.54) is 0 Å². The first-order valence-electron chi connectivity index (χ1n) is 7.17. The molecule has 0 spiro atoms. The molecular weight excluding hydrogens is 282 g/mol. The van der Waals surface area contributed by atoms with Crippen LogP contribution in [-0.4, -0.2) is 24.0 Å². The molecule has 4 nitrogen and oxygen atoms in total. The van der Waals surface area contributed by atoms with Crippen LogP contribution >= 0.6 is 11.3 Å². The second-order valence-corrected chi connectivity index (χ2v) is 6.43. The Labute approximate surface area is 128 Å². The van der Waals surface area contributed by atoms with E-state index in [0.29, 0.717) is 5.92 Å². The van der Waals surface area contributed by atoms with Gasteiger partial charge in [0.2, 0.25) is 5.91 Å². The maximum atomic E-state index is 12.2. The molecule has 1 fully saturated rings. The summed E-state index contributed by atoms with van der Waals surface area (Å²) in [6.45, 7) is 5.87. The molecule has 1 aliphatic rings. The van der Waals surface area contributed by atoms with Crippen molar-refractivity contribution < 1.29 is 4.79 Å². The van der Waals surface area contributed by atoms with Crippen LogP contribution in [0.25, 0.3) is 10.6 Å². The number of aromatic nitrogens is 1. The van der Waals surface area contributed by atoms with Gasteiger partial charge in [0.1, 0.15) is 5.01 Å². The molecule has 0 bridgehead atoms. The van der Waals surface area contributed by atoms with Crippen LogP contribution in [0, 0.1) is 18.8 Å². The van der Waals surface area contributed by atoms with Crippen LogP contribution in [0.5, 0.6) is 0 Å². The molecule has 1 saturated heterocycles. The van der Waals surface area contributed by atoms with Gasteiger partial charge in [0.05, 0.1) is 0 Å². The number of anilines is 1. The fourth-order valence-electron chi connectivity index (χ4n) is 2.32. The maximum Gasteiger partial charge on any atom is 0.227 e. The number of hydrogen-bond donors (Lipinski definition) is 2. The lowest BCUT2D eigenvalue weighted by atomic mass is 9.88. The number of carbonyl (C=O) groups excluding carboxylic acids is 1. The molecule has 2 aromatic rings. The summed E-state index contributed by atoms with van der Waals surface area (Å²) in [5.74, 6) is 0.606. The van der Waals surface area contributed by atoms with Crippen molar-refractivity contribution in [2.45, 2.75) is 13.8 Å². The molecule has 1 amide bonds. The molecule has 0 aliphatic carbocycles. The average molecular weight is 301 g/mol. The van der Waals surface area contributed by atoms with Gasteiger partial charge in [-0.2, -0.15) is 0 Å². The van der Waals surface area contributed by atoms with Crippen molar-refractivity contribution in [3.63, 3.8) is 0 Å². The summed E-state index contributed by atoms with van der Waals surface area (Å²) >= 11 is 1.64. The quantitative estimate of drug-likeness (QED) is 0.913. The monoisotopic (exact) mass is 301 g/mol. The lowest BCUT2D eigenvalue weighted by molar-refractivity contribution is -0.121. The van der Waals surface area contributed by atoms with Gasteiger partial charge in [-0.25, -0.2) is 4.98 Å². The highest BCUT2D eigenvalue weighted by Gasteiger charge is 2.28. The minimum atomic E-state index is 0.0486. The lowest BCUT2D eigenvalue weighted by Gasteiger charge is -2.31. The van der Waals surface area contributed by atoms with Gasteiger partial charge in [-0.1, -0.05) is 6.92 Å². The third-order valence-corrected chi connectivity index (χ3v) is 4.96. The predicted octanol–water partition coefficient (Wildman–Crippen LogP) is 2.91. The van der Waals surface area contributed by atoms with Crippen LogP contribution in [0.3, 0.4) is 0 Å². The number of thiazole rings is 1. The predicted molar refractivity (Wildman–Crippen MR) is 86.4 cm³/mol. The minimum absolute atomic E-state index is 0.0486. The van der Waals surface area contributed by atoms with Gasteiger partial charge < -0.3 is 10.6 Å². The normalized spacial score (nSPS) is 16.3. The molecule has 2 N–H and O–H groups in total. The van der Waals surface area contributed by atoms with Gasteiger partial charge in [0.25, 0.3) is 0 Å². The number of rotatable bonds is 4. The molecule has 0 radical (unpaired) electrons. The van der Waals surface area contributed by atoms with Gasteiger partial charge in [-0.15, -0.1) is 11.3 Å². The molecule has 5 heteroatoms. The summed E-state index contributed by atoms with van der Waals surface area (Å²) in [5, 5.41) is 9.25. The second kappa shape index (κ2) is 5.95. The number of hydrogen-bond acceptors (Lipinski definition) is 4. The number of aryl methyl sites for hydroxylation is 1. The summed E-state index contributed by atoms with van der Waals surface area (Å²) < 4.78 is 0. The van der Waals surface area contributed by atoms with Crippen LogP contribution in [0.15, 0.2) is 29.6 Å². The molecule has 0 saturated carbocycles. The van der Waals surface area contributed by atoms with E-state index >= 15 is 0 Å². The number of nitrogens with one attached hydrogen (secondary N) is 2. The van der Waals surface area contributed by atoms with Crippen molar-refractivity contribution in [1.29, 1.82) is 0 Å². The van der Waals surface area contributed by atoms with Gasteiger partial charge in [0, 0.05) is 28.2 Å². The van der Waals surface area contributed by atoms with E-state index in [0.717, 1.165) is 35.0 Å². The van der Waals surface area contributed by atoms with Crippen molar-refractivity contribution in [3.8, 4) is 10.6 Å². The number of benzene rings is 1.